The van der Waals surface area contributed by atoms with Crippen LogP contribution in [-0.2, 0) is 16.6 Å². The van der Waals surface area contributed by atoms with Crippen molar-refractivity contribution in [3.63, 3.8) is 0 Å². The van der Waals surface area contributed by atoms with Gasteiger partial charge in [-0.3, -0.25) is 5.10 Å². The van der Waals surface area contributed by atoms with Gasteiger partial charge in [0.15, 0.2) is 5.03 Å². The molecule has 1 saturated carbocycles. The van der Waals surface area contributed by atoms with Gasteiger partial charge in [0.25, 0.3) is 10.0 Å². The molecule has 1 unspecified atom stereocenters. The van der Waals surface area contributed by atoms with Crippen LogP contribution < -0.4 is 10.0 Å². The van der Waals surface area contributed by atoms with E-state index in [1.165, 1.54) is 12.8 Å². The smallest absolute Gasteiger partial charge is 0.258 e. The molecule has 1 aliphatic carbocycles. The van der Waals surface area contributed by atoms with Crippen LogP contribution in [0.3, 0.4) is 0 Å². The second-order valence-corrected chi connectivity index (χ2v) is 7.52. The van der Waals surface area contributed by atoms with E-state index in [4.69, 9.17) is 0 Å². The standard InChI is InChI=1S/C14H26N4O2S/c1-4-11(5-2)10(3)18-21(19,20)14-12(9-16-17-14)8-15-13-6-7-13/h9-11,13,15,18H,4-8H2,1-3H3,(H,16,17). The topological polar surface area (TPSA) is 86.9 Å². The monoisotopic (exact) mass is 314 g/mol. The highest BCUT2D eigenvalue weighted by atomic mass is 32.2. The first kappa shape index (κ1) is 16.5. The van der Waals surface area contributed by atoms with Crippen LogP contribution in [0.1, 0.15) is 52.0 Å². The molecule has 6 nitrogen and oxygen atoms in total. The highest BCUT2D eigenvalue weighted by Crippen LogP contribution is 2.21. The van der Waals surface area contributed by atoms with E-state index in [1.807, 2.05) is 6.92 Å². The Morgan fingerprint density at radius 3 is 2.62 bits per heavy atom. The van der Waals surface area contributed by atoms with Gasteiger partial charge >= 0.3 is 0 Å². The van der Waals surface area contributed by atoms with Gasteiger partial charge in [0, 0.05) is 24.2 Å². The van der Waals surface area contributed by atoms with Crippen LogP contribution in [0.2, 0.25) is 0 Å². The summed E-state index contributed by atoms with van der Waals surface area (Å²) in [4.78, 5) is 0. The quantitative estimate of drug-likeness (QED) is 0.648. The minimum Gasteiger partial charge on any atom is -0.310 e. The largest absolute Gasteiger partial charge is 0.310 e. The number of nitrogens with zero attached hydrogens (tertiary/aromatic N) is 1. The predicted molar refractivity (Wildman–Crippen MR) is 82.3 cm³/mol. The van der Waals surface area contributed by atoms with Crippen molar-refractivity contribution in [3.8, 4) is 0 Å². The van der Waals surface area contributed by atoms with E-state index in [0.717, 1.165) is 12.8 Å². The highest BCUT2D eigenvalue weighted by Gasteiger charge is 2.27. The van der Waals surface area contributed by atoms with Crippen molar-refractivity contribution in [2.75, 3.05) is 0 Å². The highest BCUT2D eigenvalue weighted by molar-refractivity contribution is 7.89. The second-order valence-electron chi connectivity index (χ2n) is 5.87. The lowest BCUT2D eigenvalue weighted by molar-refractivity contribution is 0.390. The van der Waals surface area contributed by atoms with Gasteiger partial charge in [0.05, 0.1) is 6.20 Å². The van der Waals surface area contributed by atoms with Crippen molar-refractivity contribution in [1.82, 2.24) is 20.2 Å². The van der Waals surface area contributed by atoms with E-state index in [-0.39, 0.29) is 11.1 Å². The van der Waals surface area contributed by atoms with Crippen molar-refractivity contribution in [1.29, 1.82) is 0 Å². The Kier molecular flexibility index (Phi) is 5.40. The zero-order valence-electron chi connectivity index (χ0n) is 13.0. The molecule has 0 spiro atoms. The van der Waals surface area contributed by atoms with E-state index in [2.05, 4.69) is 34.1 Å². The molecule has 21 heavy (non-hydrogen) atoms. The van der Waals surface area contributed by atoms with Gasteiger partial charge in [0.2, 0.25) is 0 Å². The molecule has 7 heteroatoms. The summed E-state index contributed by atoms with van der Waals surface area (Å²) < 4.78 is 27.8. The van der Waals surface area contributed by atoms with Crippen molar-refractivity contribution in [2.45, 2.75) is 70.1 Å². The maximum Gasteiger partial charge on any atom is 0.258 e. The lowest BCUT2D eigenvalue weighted by atomic mass is 9.96. The van der Waals surface area contributed by atoms with Crippen LogP contribution in [0.5, 0.6) is 0 Å². The fourth-order valence-electron chi connectivity index (χ4n) is 2.60. The molecule has 1 aromatic heterocycles. The molecule has 1 fully saturated rings. The average Bonchev–Trinajstić information content (AvgIpc) is 3.13. The Morgan fingerprint density at radius 2 is 2.05 bits per heavy atom. The first-order valence-corrected chi connectivity index (χ1v) is 9.24. The van der Waals surface area contributed by atoms with Gasteiger partial charge in [-0.1, -0.05) is 26.7 Å². The van der Waals surface area contributed by atoms with E-state index in [9.17, 15) is 8.42 Å². The van der Waals surface area contributed by atoms with Crippen LogP contribution in [0.25, 0.3) is 0 Å². The van der Waals surface area contributed by atoms with Gasteiger partial charge < -0.3 is 5.32 Å². The van der Waals surface area contributed by atoms with Crippen molar-refractivity contribution < 1.29 is 8.42 Å². The van der Waals surface area contributed by atoms with E-state index in [0.29, 0.717) is 24.1 Å². The summed E-state index contributed by atoms with van der Waals surface area (Å²) in [6, 6.07) is 0.449. The van der Waals surface area contributed by atoms with Crippen LogP contribution >= 0.6 is 0 Å². The second kappa shape index (κ2) is 6.89. The molecule has 0 aliphatic heterocycles. The fourth-order valence-corrected chi connectivity index (χ4v) is 4.04. The number of H-pyrrole nitrogens is 1. The summed E-state index contributed by atoms with van der Waals surface area (Å²) in [5.41, 5.74) is 0.700. The first-order chi connectivity index (χ1) is 9.97. The zero-order valence-corrected chi connectivity index (χ0v) is 13.8. The molecule has 2 rings (SSSR count). The number of nitrogens with one attached hydrogen (secondary N) is 3. The lowest BCUT2D eigenvalue weighted by Gasteiger charge is -2.22. The number of hydrogen-bond donors (Lipinski definition) is 3. The number of hydrogen-bond acceptors (Lipinski definition) is 4. The molecule has 0 bridgehead atoms. The van der Waals surface area contributed by atoms with Crippen LogP contribution in [0.4, 0.5) is 0 Å². The average molecular weight is 314 g/mol. The molecule has 0 aromatic carbocycles. The Labute approximate surface area is 127 Å². The number of aromatic nitrogens is 2. The third-order valence-electron chi connectivity index (χ3n) is 4.20. The van der Waals surface area contributed by atoms with E-state index in [1.54, 1.807) is 6.20 Å². The molecule has 1 aliphatic rings. The number of rotatable bonds is 9. The molecule has 1 heterocycles. The molecule has 120 valence electrons. The molecule has 0 saturated heterocycles. The first-order valence-electron chi connectivity index (χ1n) is 7.75. The molecular formula is C14H26N4O2S. The number of aromatic amines is 1. The predicted octanol–water partition coefficient (Wildman–Crippen LogP) is 1.76. The van der Waals surface area contributed by atoms with E-state index >= 15 is 0 Å². The molecule has 1 aromatic rings. The minimum atomic E-state index is -3.55. The lowest BCUT2D eigenvalue weighted by Crippen LogP contribution is -2.38. The maximum atomic E-state index is 12.5. The summed E-state index contributed by atoms with van der Waals surface area (Å²) in [6.45, 7) is 6.63. The number of sulfonamides is 1. The van der Waals surface area contributed by atoms with Crippen LogP contribution in [0.15, 0.2) is 11.2 Å². The summed E-state index contributed by atoms with van der Waals surface area (Å²) in [5, 5.41) is 10.0. The molecular weight excluding hydrogens is 288 g/mol. The SMILES string of the molecule is CCC(CC)C(C)NS(=O)(=O)c1[nH]ncc1CNC1CC1. The summed E-state index contributed by atoms with van der Waals surface area (Å²) in [7, 11) is -3.55. The molecule has 3 N–H and O–H groups in total. The van der Waals surface area contributed by atoms with E-state index < -0.39 is 10.0 Å². The van der Waals surface area contributed by atoms with Crippen LogP contribution in [0, 0.1) is 5.92 Å². The van der Waals surface area contributed by atoms with Gasteiger partial charge in [0.1, 0.15) is 0 Å². The van der Waals surface area contributed by atoms with Gasteiger partial charge in [-0.05, 0) is 25.7 Å². The summed E-state index contributed by atoms with van der Waals surface area (Å²) >= 11 is 0. The molecule has 0 radical (unpaired) electrons. The van der Waals surface area contributed by atoms with Gasteiger partial charge in [-0.2, -0.15) is 5.10 Å². The van der Waals surface area contributed by atoms with Gasteiger partial charge in [-0.25, -0.2) is 13.1 Å². The Morgan fingerprint density at radius 1 is 1.38 bits per heavy atom. The minimum absolute atomic E-state index is 0.0856. The zero-order chi connectivity index (χ0) is 15.5. The Hall–Kier alpha value is -0.920. The van der Waals surface area contributed by atoms with Gasteiger partial charge in [-0.15, -0.1) is 0 Å². The van der Waals surface area contributed by atoms with Crippen molar-refractivity contribution in [3.05, 3.63) is 11.8 Å². The Bertz CT molecular complexity index is 547. The molecule has 1 atom stereocenters. The summed E-state index contributed by atoms with van der Waals surface area (Å²) in [6.07, 6.45) is 5.85. The van der Waals surface area contributed by atoms with Crippen molar-refractivity contribution in [2.24, 2.45) is 5.92 Å². The fraction of sp³-hybridized carbons (Fsp3) is 0.786. The third kappa shape index (κ3) is 4.28. The Balaban J connectivity index is 2.06. The van der Waals surface area contributed by atoms with Crippen LogP contribution in [-0.4, -0.2) is 30.7 Å². The maximum absolute atomic E-state index is 12.5. The third-order valence-corrected chi connectivity index (χ3v) is 5.78. The normalized spacial score (nSPS) is 17.3. The molecule has 0 amide bonds. The summed E-state index contributed by atoms with van der Waals surface area (Å²) in [5.74, 6) is 0.343. The van der Waals surface area contributed by atoms with Crippen molar-refractivity contribution >= 4 is 10.0 Å².